The van der Waals surface area contributed by atoms with Gasteiger partial charge in [-0.15, -0.1) is 0 Å². The van der Waals surface area contributed by atoms with Crippen LogP contribution in [0.25, 0.3) is 22.3 Å². The van der Waals surface area contributed by atoms with Crippen LogP contribution in [0.1, 0.15) is 50.3 Å². The number of ether oxygens (including phenoxy) is 2. The van der Waals surface area contributed by atoms with Crippen LogP contribution in [0.2, 0.25) is 0 Å². The lowest BCUT2D eigenvalue weighted by molar-refractivity contribution is -0.131. The van der Waals surface area contributed by atoms with Gasteiger partial charge in [-0.3, -0.25) is 9.59 Å². The van der Waals surface area contributed by atoms with Crippen LogP contribution in [0.4, 0.5) is 0 Å². The molecule has 0 unspecified atom stereocenters. The molecule has 0 saturated heterocycles. The third-order valence-electron chi connectivity index (χ3n) is 5.81. The molecule has 8 heteroatoms. The Labute approximate surface area is 223 Å². The van der Waals surface area contributed by atoms with Crippen molar-refractivity contribution < 1.29 is 14.3 Å². The van der Waals surface area contributed by atoms with Crippen molar-refractivity contribution in [2.45, 2.75) is 40.5 Å². The maximum atomic E-state index is 13.7. The number of esters is 1. The minimum absolute atomic E-state index is 0.193. The number of benzene rings is 3. The van der Waals surface area contributed by atoms with Crippen LogP contribution in [-0.4, -0.2) is 28.5 Å². The molecule has 4 aromatic rings. The molecule has 4 rings (SSSR count). The zero-order chi connectivity index (χ0) is 26.7. The molecule has 0 spiro atoms. The zero-order valence-electron chi connectivity index (χ0n) is 21.4. The Morgan fingerprint density at radius 3 is 2.59 bits per heavy atom. The second-order valence-electron chi connectivity index (χ2n) is 8.88. The molecule has 0 aliphatic heterocycles. The third kappa shape index (κ3) is 5.64. The van der Waals surface area contributed by atoms with Crippen LogP contribution in [0.5, 0.6) is 11.5 Å². The lowest BCUT2D eigenvalue weighted by atomic mass is 9.96. The summed E-state index contributed by atoms with van der Waals surface area (Å²) in [6.07, 6.45) is 1.50. The maximum Gasteiger partial charge on any atom is 0.308 e. The van der Waals surface area contributed by atoms with Gasteiger partial charge in [0.15, 0.2) is 5.82 Å². The number of halogens is 1. The number of aromatic nitrogens is 2. The van der Waals surface area contributed by atoms with Crippen molar-refractivity contribution in [2.24, 2.45) is 5.10 Å². The number of fused-ring (bicyclic) bond motifs is 1. The topological polar surface area (TPSA) is 82.8 Å². The van der Waals surface area contributed by atoms with E-state index in [2.05, 4.69) is 34.9 Å². The van der Waals surface area contributed by atoms with E-state index in [1.807, 2.05) is 38.1 Å². The van der Waals surface area contributed by atoms with Gasteiger partial charge in [0.2, 0.25) is 0 Å². The molecule has 190 valence electrons. The van der Waals surface area contributed by atoms with Crippen LogP contribution in [0.15, 0.2) is 69.0 Å². The second-order valence-corrected chi connectivity index (χ2v) is 9.80. The number of para-hydroxylation sites is 1. The lowest BCUT2D eigenvalue weighted by Crippen LogP contribution is -2.21. The number of carbonyl (C=O) groups excluding carboxylic acids is 1. The molecule has 0 radical (unpaired) electrons. The Hall–Kier alpha value is -3.78. The smallest absolute Gasteiger partial charge is 0.308 e. The monoisotopic (exact) mass is 561 g/mol. The first kappa shape index (κ1) is 26.3. The van der Waals surface area contributed by atoms with Gasteiger partial charge in [-0.25, -0.2) is 4.98 Å². The first-order valence-electron chi connectivity index (χ1n) is 12.0. The van der Waals surface area contributed by atoms with Crippen molar-refractivity contribution in [1.82, 2.24) is 9.66 Å². The molecule has 1 heterocycles. The molecule has 0 amide bonds. The highest BCUT2D eigenvalue weighted by Crippen LogP contribution is 2.34. The highest BCUT2D eigenvalue weighted by molar-refractivity contribution is 9.10. The quantitative estimate of drug-likeness (QED) is 0.147. The van der Waals surface area contributed by atoms with Gasteiger partial charge in [0.1, 0.15) is 11.5 Å². The van der Waals surface area contributed by atoms with Crippen LogP contribution in [0, 0.1) is 6.92 Å². The van der Waals surface area contributed by atoms with Crippen molar-refractivity contribution in [2.75, 3.05) is 6.61 Å². The molecule has 0 fully saturated rings. The fourth-order valence-electron chi connectivity index (χ4n) is 4.06. The number of aryl methyl sites for hydroxylation is 1. The summed E-state index contributed by atoms with van der Waals surface area (Å²) in [4.78, 5) is 30.1. The number of hydrogen-bond acceptors (Lipinski definition) is 6. The van der Waals surface area contributed by atoms with Gasteiger partial charge in [0.05, 0.1) is 23.7 Å². The summed E-state index contributed by atoms with van der Waals surface area (Å²) >= 11 is 3.44. The third-order valence-corrected chi connectivity index (χ3v) is 6.30. The van der Waals surface area contributed by atoms with E-state index in [4.69, 9.17) is 14.5 Å². The predicted molar refractivity (Wildman–Crippen MR) is 150 cm³/mol. The normalized spacial score (nSPS) is 11.4. The largest absolute Gasteiger partial charge is 0.494 e. The molecule has 0 N–H and O–H groups in total. The summed E-state index contributed by atoms with van der Waals surface area (Å²) in [6.45, 7) is 10.00. The molecular formula is C29H28BrN3O4. The molecule has 0 aliphatic rings. The van der Waals surface area contributed by atoms with Crippen LogP contribution in [-0.2, 0) is 4.79 Å². The van der Waals surface area contributed by atoms with Crippen LogP contribution < -0.4 is 15.0 Å². The fourth-order valence-corrected chi connectivity index (χ4v) is 4.44. The summed E-state index contributed by atoms with van der Waals surface area (Å²) in [5.74, 6) is 1.30. The summed E-state index contributed by atoms with van der Waals surface area (Å²) in [5, 5.41) is 5.01. The van der Waals surface area contributed by atoms with Crippen molar-refractivity contribution in [1.29, 1.82) is 0 Å². The van der Waals surface area contributed by atoms with Gasteiger partial charge >= 0.3 is 5.97 Å². The molecule has 0 bridgehead atoms. The van der Waals surface area contributed by atoms with Gasteiger partial charge in [-0.05, 0) is 73.4 Å². The Bertz CT molecular complexity index is 1570. The van der Waals surface area contributed by atoms with Gasteiger partial charge in [0, 0.05) is 22.5 Å². The standard InChI is InChI=1S/C29H28BrN3O4/c1-6-36-27-13-18(4)24(15-23(27)17(2)3)28-32-25-10-8-7-9-22(25)29(35)33(28)31-16-20-14-21(30)11-12-26(20)37-19(5)34/h7-17H,6H2,1-5H3. The van der Waals surface area contributed by atoms with E-state index in [0.717, 1.165) is 26.9 Å². The Morgan fingerprint density at radius 2 is 1.89 bits per heavy atom. The van der Waals surface area contributed by atoms with Crippen LogP contribution in [0.3, 0.4) is 0 Å². The van der Waals surface area contributed by atoms with Crippen molar-refractivity contribution in [3.8, 4) is 22.9 Å². The number of nitrogens with zero attached hydrogens (tertiary/aromatic N) is 3. The van der Waals surface area contributed by atoms with E-state index in [0.29, 0.717) is 34.6 Å². The van der Waals surface area contributed by atoms with Crippen molar-refractivity contribution in [3.63, 3.8) is 0 Å². The molecule has 7 nitrogen and oxygen atoms in total. The zero-order valence-corrected chi connectivity index (χ0v) is 23.0. The first-order valence-corrected chi connectivity index (χ1v) is 12.8. The summed E-state index contributed by atoms with van der Waals surface area (Å²) in [5.41, 5.74) is 3.51. The average Bonchev–Trinajstić information content (AvgIpc) is 2.85. The van der Waals surface area contributed by atoms with Gasteiger partial charge in [0.25, 0.3) is 5.56 Å². The Morgan fingerprint density at radius 1 is 1.14 bits per heavy atom. The molecule has 3 aromatic carbocycles. The summed E-state index contributed by atoms with van der Waals surface area (Å²) in [6, 6.07) is 16.4. The van der Waals surface area contributed by atoms with E-state index >= 15 is 0 Å². The molecular weight excluding hydrogens is 534 g/mol. The Balaban J connectivity index is 1.97. The number of carbonyl (C=O) groups is 1. The predicted octanol–water partition coefficient (Wildman–Crippen LogP) is 6.46. The first-order chi connectivity index (χ1) is 17.7. The maximum absolute atomic E-state index is 13.7. The minimum Gasteiger partial charge on any atom is -0.494 e. The minimum atomic E-state index is -0.451. The van der Waals surface area contributed by atoms with E-state index in [-0.39, 0.29) is 11.5 Å². The van der Waals surface area contributed by atoms with E-state index in [9.17, 15) is 9.59 Å². The Kier molecular flexibility index (Phi) is 7.88. The SMILES string of the molecule is CCOc1cc(C)c(-c2nc3ccccc3c(=O)n2N=Cc2cc(Br)ccc2OC(C)=O)cc1C(C)C. The fraction of sp³-hybridized carbons (Fsp3) is 0.241. The van der Waals surface area contributed by atoms with Gasteiger partial charge in [-0.1, -0.05) is 41.9 Å². The van der Waals surface area contributed by atoms with Crippen molar-refractivity contribution in [3.05, 3.63) is 86.1 Å². The molecule has 1 aromatic heterocycles. The highest BCUT2D eigenvalue weighted by Gasteiger charge is 2.18. The van der Waals surface area contributed by atoms with Crippen molar-refractivity contribution >= 4 is 39.0 Å². The molecule has 0 aliphatic carbocycles. The van der Waals surface area contributed by atoms with Crippen LogP contribution >= 0.6 is 15.9 Å². The van der Waals surface area contributed by atoms with Gasteiger partial charge < -0.3 is 9.47 Å². The van der Waals surface area contributed by atoms with E-state index in [1.54, 1.807) is 30.3 Å². The molecule has 37 heavy (non-hydrogen) atoms. The van der Waals surface area contributed by atoms with E-state index < -0.39 is 5.97 Å². The average molecular weight is 562 g/mol. The molecule has 0 saturated carbocycles. The molecule has 0 atom stereocenters. The summed E-state index contributed by atoms with van der Waals surface area (Å²) < 4.78 is 13.3. The lowest BCUT2D eigenvalue weighted by Gasteiger charge is -2.18. The number of rotatable bonds is 7. The van der Waals surface area contributed by atoms with Gasteiger partial charge in [-0.2, -0.15) is 9.78 Å². The summed E-state index contributed by atoms with van der Waals surface area (Å²) in [7, 11) is 0. The number of hydrogen-bond donors (Lipinski definition) is 0. The highest BCUT2D eigenvalue weighted by atomic mass is 79.9. The van der Waals surface area contributed by atoms with E-state index in [1.165, 1.54) is 17.8 Å². The second kappa shape index (κ2) is 11.1.